The number of rotatable bonds is 13. The van der Waals surface area contributed by atoms with E-state index in [4.69, 9.17) is 4.74 Å². The molecule has 0 aromatic carbocycles. The van der Waals surface area contributed by atoms with Gasteiger partial charge in [-0.25, -0.2) is 4.79 Å². The van der Waals surface area contributed by atoms with Gasteiger partial charge >= 0.3 is 6.09 Å². The molecule has 1 atom stereocenters. The molecule has 0 heterocycles. The molecule has 5 nitrogen and oxygen atoms in total. The average molecular weight is 316 g/mol. The monoisotopic (exact) mass is 315 g/mol. The lowest BCUT2D eigenvalue weighted by atomic mass is 10.0. The Hall–Kier alpha value is -0.810. The van der Waals surface area contributed by atoms with Gasteiger partial charge in [-0.3, -0.25) is 0 Å². The number of hydrogen-bond donors (Lipinski definition) is 3. The minimum absolute atomic E-state index is 0.205. The first-order valence-corrected chi connectivity index (χ1v) is 8.84. The van der Waals surface area contributed by atoms with E-state index >= 15 is 0 Å². The lowest BCUT2D eigenvalue weighted by molar-refractivity contribution is 0.122. The molecule has 0 aliphatic heterocycles. The van der Waals surface area contributed by atoms with Crippen LogP contribution in [0.1, 0.15) is 60.3 Å². The Morgan fingerprint density at radius 2 is 1.64 bits per heavy atom. The number of amides is 1. The zero-order valence-corrected chi connectivity index (χ0v) is 15.2. The summed E-state index contributed by atoms with van der Waals surface area (Å²) >= 11 is 0. The summed E-state index contributed by atoms with van der Waals surface area (Å²) in [5.74, 6) is 0.437. The number of alkyl carbamates (subject to hydrolysis) is 1. The summed E-state index contributed by atoms with van der Waals surface area (Å²) < 4.78 is 5.30. The number of hydrogen-bond acceptors (Lipinski definition) is 4. The maximum absolute atomic E-state index is 11.7. The molecule has 0 fully saturated rings. The molecule has 1 amide bonds. The minimum atomic E-state index is -0.302. The molecule has 3 N–H and O–H groups in total. The maximum Gasteiger partial charge on any atom is 0.407 e. The summed E-state index contributed by atoms with van der Waals surface area (Å²) in [5, 5.41) is 9.56. The van der Waals surface area contributed by atoms with E-state index in [9.17, 15) is 4.79 Å². The largest absolute Gasteiger partial charge is 0.448 e. The zero-order valence-electron chi connectivity index (χ0n) is 15.2. The van der Waals surface area contributed by atoms with Gasteiger partial charge in [-0.05, 0) is 31.8 Å². The molecule has 0 unspecified atom stereocenters. The Labute approximate surface area is 137 Å². The van der Waals surface area contributed by atoms with Gasteiger partial charge < -0.3 is 20.7 Å². The second kappa shape index (κ2) is 13.8. The third-order valence-corrected chi connectivity index (χ3v) is 3.55. The summed E-state index contributed by atoms with van der Waals surface area (Å²) in [6.07, 6.45) is 4.27. The fourth-order valence-electron chi connectivity index (χ4n) is 2.17. The molecule has 0 saturated carbocycles. The quantitative estimate of drug-likeness (QED) is 0.457. The normalized spacial score (nSPS) is 12.7. The fraction of sp³-hybridized carbons (Fsp3) is 0.941. The molecule has 0 aliphatic rings. The van der Waals surface area contributed by atoms with Crippen LogP contribution in [0.2, 0.25) is 0 Å². The molecule has 132 valence electrons. The fourth-order valence-corrected chi connectivity index (χ4v) is 2.17. The van der Waals surface area contributed by atoms with E-state index in [2.05, 4.69) is 50.6 Å². The number of unbranched alkanes of at least 4 members (excludes halogenated alkanes) is 3. The highest BCUT2D eigenvalue weighted by Crippen LogP contribution is 2.04. The SMILES string of the molecule is CCNCCCCCCNC(=O)OC[C@H](NC(C)C)C(C)C. The first-order chi connectivity index (χ1) is 10.5. The van der Waals surface area contributed by atoms with Crippen LogP contribution in [0.5, 0.6) is 0 Å². The average Bonchev–Trinajstić information content (AvgIpc) is 2.45. The van der Waals surface area contributed by atoms with Gasteiger partial charge in [-0.1, -0.05) is 47.5 Å². The van der Waals surface area contributed by atoms with E-state index in [1.54, 1.807) is 0 Å². The van der Waals surface area contributed by atoms with Gasteiger partial charge in [0.2, 0.25) is 0 Å². The Morgan fingerprint density at radius 1 is 1.00 bits per heavy atom. The lowest BCUT2D eigenvalue weighted by Crippen LogP contribution is -2.43. The van der Waals surface area contributed by atoms with Gasteiger partial charge in [0.25, 0.3) is 0 Å². The van der Waals surface area contributed by atoms with Gasteiger partial charge in [0.1, 0.15) is 6.61 Å². The molecular weight excluding hydrogens is 278 g/mol. The predicted octanol–water partition coefficient (Wildman–Crippen LogP) is 2.91. The topological polar surface area (TPSA) is 62.4 Å². The van der Waals surface area contributed by atoms with Crippen LogP contribution in [0, 0.1) is 5.92 Å². The second-order valence-corrected chi connectivity index (χ2v) is 6.46. The van der Waals surface area contributed by atoms with E-state index < -0.39 is 0 Å². The van der Waals surface area contributed by atoms with Gasteiger partial charge in [0, 0.05) is 18.6 Å². The van der Waals surface area contributed by atoms with Crippen LogP contribution in [0.15, 0.2) is 0 Å². The van der Waals surface area contributed by atoms with Gasteiger partial charge in [-0.15, -0.1) is 0 Å². The van der Waals surface area contributed by atoms with Gasteiger partial charge in [-0.2, -0.15) is 0 Å². The second-order valence-electron chi connectivity index (χ2n) is 6.46. The van der Waals surface area contributed by atoms with Crippen LogP contribution in [-0.2, 0) is 4.74 Å². The van der Waals surface area contributed by atoms with Crippen LogP contribution in [0.25, 0.3) is 0 Å². The highest BCUT2D eigenvalue weighted by molar-refractivity contribution is 5.67. The minimum Gasteiger partial charge on any atom is -0.448 e. The Morgan fingerprint density at radius 3 is 2.18 bits per heavy atom. The van der Waals surface area contributed by atoms with Crippen molar-refractivity contribution < 1.29 is 9.53 Å². The van der Waals surface area contributed by atoms with Crippen LogP contribution in [-0.4, -0.2) is 44.4 Å². The van der Waals surface area contributed by atoms with Gasteiger partial charge in [0.05, 0.1) is 0 Å². The molecular formula is C17H37N3O2. The zero-order chi connectivity index (χ0) is 16.8. The molecule has 0 radical (unpaired) electrons. The van der Waals surface area contributed by atoms with E-state index in [1.807, 2.05) is 0 Å². The van der Waals surface area contributed by atoms with Crippen molar-refractivity contribution in [3.05, 3.63) is 0 Å². The van der Waals surface area contributed by atoms with Crippen LogP contribution in [0.4, 0.5) is 4.79 Å². The van der Waals surface area contributed by atoms with Crippen molar-refractivity contribution in [1.29, 1.82) is 0 Å². The summed E-state index contributed by atoms with van der Waals surface area (Å²) in [7, 11) is 0. The number of carbonyl (C=O) groups excluding carboxylic acids is 1. The van der Waals surface area contributed by atoms with E-state index in [0.29, 0.717) is 25.1 Å². The summed E-state index contributed by atoms with van der Waals surface area (Å²) in [5.41, 5.74) is 0. The maximum atomic E-state index is 11.7. The third-order valence-electron chi connectivity index (χ3n) is 3.55. The highest BCUT2D eigenvalue weighted by atomic mass is 16.5. The number of carbonyl (C=O) groups is 1. The van der Waals surface area contributed by atoms with Crippen LogP contribution in [0.3, 0.4) is 0 Å². The first-order valence-electron chi connectivity index (χ1n) is 8.84. The highest BCUT2D eigenvalue weighted by Gasteiger charge is 2.16. The van der Waals surface area contributed by atoms with Crippen molar-refractivity contribution in [2.45, 2.75) is 72.4 Å². The smallest absolute Gasteiger partial charge is 0.407 e. The molecule has 0 aliphatic carbocycles. The van der Waals surface area contributed by atoms with Crippen LogP contribution < -0.4 is 16.0 Å². The van der Waals surface area contributed by atoms with Crippen LogP contribution >= 0.6 is 0 Å². The Balaban J connectivity index is 3.59. The summed E-state index contributed by atoms with van der Waals surface area (Å²) in [6, 6.07) is 0.595. The molecule has 0 spiro atoms. The molecule has 5 heteroatoms. The van der Waals surface area contributed by atoms with Crippen molar-refractivity contribution in [3.63, 3.8) is 0 Å². The Bertz CT molecular complexity index is 271. The molecule has 0 bridgehead atoms. The van der Waals surface area contributed by atoms with Crippen molar-refractivity contribution in [2.24, 2.45) is 5.92 Å². The van der Waals surface area contributed by atoms with Crippen molar-refractivity contribution in [1.82, 2.24) is 16.0 Å². The van der Waals surface area contributed by atoms with Crippen molar-refractivity contribution in [2.75, 3.05) is 26.2 Å². The van der Waals surface area contributed by atoms with Gasteiger partial charge in [0.15, 0.2) is 0 Å². The van der Waals surface area contributed by atoms with E-state index in [1.165, 1.54) is 12.8 Å². The number of nitrogens with one attached hydrogen (secondary N) is 3. The predicted molar refractivity (Wildman–Crippen MR) is 93.3 cm³/mol. The molecule has 22 heavy (non-hydrogen) atoms. The van der Waals surface area contributed by atoms with Crippen molar-refractivity contribution in [3.8, 4) is 0 Å². The molecule has 0 aromatic heterocycles. The Kier molecular flexibility index (Phi) is 13.3. The molecule has 0 saturated heterocycles. The number of ether oxygens (including phenoxy) is 1. The molecule has 0 rings (SSSR count). The summed E-state index contributed by atoms with van der Waals surface area (Å²) in [6.45, 7) is 13.8. The van der Waals surface area contributed by atoms with E-state index in [0.717, 1.165) is 25.9 Å². The lowest BCUT2D eigenvalue weighted by Gasteiger charge is -2.24. The third kappa shape index (κ3) is 12.9. The molecule has 0 aromatic rings. The first kappa shape index (κ1) is 21.2. The standard InChI is InChI=1S/C17H37N3O2/c1-6-18-11-9-7-8-10-12-19-17(21)22-13-16(14(2)3)20-15(4)5/h14-16,18,20H,6-13H2,1-5H3,(H,19,21)/t16-/m0/s1. The van der Waals surface area contributed by atoms with E-state index in [-0.39, 0.29) is 12.1 Å². The van der Waals surface area contributed by atoms with Crippen molar-refractivity contribution >= 4 is 6.09 Å². The summed E-state index contributed by atoms with van der Waals surface area (Å²) in [4.78, 5) is 11.7.